The molecule has 0 amide bonds. The predicted molar refractivity (Wildman–Crippen MR) is 63.0 cm³/mol. The molecule has 1 N–H and O–H groups in total. The Balaban J connectivity index is 2.85. The van der Waals surface area contributed by atoms with Crippen LogP contribution in [0, 0.1) is 0 Å². The summed E-state index contributed by atoms with van der Waals surface area (Å²) >= 11 is 8.57. The van der Waals surface area contributed by atoms with Gasteiger partial charge in [0.15, 0.2) is 4.67 Å². The Hall–Kier alpha value is -0.0800. The summed E-state index contributed by atoms with van der Waals surface area (Å²) < 4.78 is 35.9. The highest BCUT2D eigenvalue weighted by Gasteiger charge is 2.21. The molecular weight excluding hydrogens is 322 g/mol. The maximum atomic E-state index is 11.8. The molecule has 0 saturated carbocycles. The van der Waals surface area contributed by atoms with Gasteiger partial charge in [-0.05, 0) is 15.9 Å². The highest BCUT2D eigenvalue weighted by atomic mass is 79.9. The van der Waals surface area contributed by atoms with E-state index in [0.29, 0.717) is 12.4 Å². The van der Waals surface area contributed by atoms with Crippen molar-refractivity contribution in [2.24, 2.45) is 0 Å². The number of ether oxygens (including phenoxy) is 1. The number of rotatable bonds is 6. The first-order valence-corrected chi connectivity index (χ1v) is 7.15. The van der Waals surface area contributed by atoms with Crippen LogP contribution in [0.15, 0.2) is 20.0 Å². The third-order valence-electron chi connectivity index (χ3n) is 1.73. The fraction of sp³-hybridized carbons (Fsp3) is 0.500. The maximum Gasteiger partial charge on any atom is 0.245 e. The van der Waals surface area contributed by atoms with Crippen molar-refractivity contribution in [3.63, 3.8) is 0 Å². The second-order valence-electron chi connectivity index (χ2n) is 2.87. The van der Waals surface area contributed by atoms with E-state index in [2.05, 4.69) is 20.7 Å². The third-order valence-corrected chi connectivity index (χ3v) is 4.31. The van der Waals surface area contributed by atoms with Crippen LogP contribution in [-0.2, 0) is 20.6 Å². The summed E-state index contributed by atoms with van der Waals surface area (Å²) in [6.45, 7) is 0.504. The Morgan fingerprint density at radius 3 is 2.81 bits per heavy atom. The normalized spacial score (nSPS) is 11.9. The molecule has 5 nitrogen and oxygen atoms in total. The van der Waals surface area contributed by atoms with Gasteiger partial charge in [-0.25, -0.2) is 13.1 Å². The zero-order valence-electron chi connectivity index (χ0n) is 8.50. The van der Waals surface area contributed by atoms with Crippen LogP contribution in [0.25, 0.3) is 0 Å². The lowest BCUT2D eigenvalue weighted by molar-refractivity contribution is 0.204. The van der Waals surface area contributed by atoms with Crippen molar-refractivity contribution in [2.75, 3.05) is 20.3 Å². The van der Waals surface area contributed by atoms with Crippen molar-refractivity contribution in [2.45, 2.75) is 10.8 Å². The molecule has 0 saturated heterocycles. The molecule has 0 aliphatic carbocycles. The molecule has 0 bridgehead atoms. The highest BCUT2D eigenvalue weighted by Crippen LogP contribution is 2.26. The SMILES string of the molecule is COCCNS(=O)(=O)c1cc(CCl)oc1Br. The molecule has 1 aromatic rings. The molecule has 1 heterocycles. The molecule has 8 heteroatoms. The first-order chi connectivity index (χ1) is 7.51. The third kappa shape index (κ3) is 3.46. The van der Waals surface area contributed by atoms with E-state index < -0.39 is 10.0 Å². The Morgan fingerprint density at radius 2 is 2.31 bits per heavy atom. The minimum Gasteiger partial charge on any atom is -0.452 e. The maximum absolute atomic E-state index is 11.8. The summed E-state index contributed by atoms with van der Waals surface area (Å²) in [5, 5.41) is 0. The monoisotopic (exact) mass is 331 g/mol. The second kappa shape index (κ2) is 6.02. The van der Waals surface area contributed by atoms with Crippen LogP contribution >= 0.6 is 27.5 Å². The van der Waals surface area contributed by atoms with Crippen molar-refractivity contribution in [1.29, 1.82) is 0 Å². The van der Waals surface area contributed by atoms with E-state index >= 15 is 0 Å². The number of furan rings is 1. The van der Waals surface area contributed by atoms with Crippen LogP contribution < -0.4 is 4.72 Å². The van der Waals surface area contributed by atoms with Gasteiger partial charge in [0, 0.05) is 19.7 Å². The smallest absolute Gasteiger partial charge is 0.245 e. The molecular formula is C8H11BrClNO4S. The van der Waals surface area contributed by atoms with Crippen LogP contribution in [0.1, 0.15) is 5.76 Å². The Morgan fingerprint density at radius 1 is 1.62 bits per heavy atom. The van der Waals surface area contributed by atoms with Gasteiger partial charge in [-0.15, -0.1) is 11.6 Å². The lowest BCUT2D eigenvalue weighted by Gasteiger charge is -2.03. The van der Waals surface area contributed by atoms with Crippen molar-refractivity contribution in [3.8, 4) is 0 Å². The van der Waals surface area contributed by atoms with Gasteiger partial charge in [-0.2, -0.15) is 0 Å². The van der Waals surface area contributed by atoms with E-state index in [0.717, 1.165) is 0 Å². The molecule has 92 valence electrons. The van der Waals surface area contributed by atoms with E-state index in [1.165, 1.54) is 13.2 Å². The average Bonchev–Trinajstić information content (AvgIpc) is 2.60. The average molecular weight is 333 g/mol. The first kappa shape index (κ1) is 14.0. The summed E-state index contributed by atoms with van der Waals surface area (Å²) in [5.74, 6) is 0.507. The summed E-state index contributed by atoms with van der Waals surface area (Å²) in [6, 6.07) is 1.38. The molecule has 0 unspecified atom stereocenters. The Labute approximate surface area is 107 Å². The Bertz CT molecular complexity index is 445. The van der Waals surface area contributed by atoms with E-state index in [1.54, 1.807) is 0 Å². The van der Waals surface area contributed by atoms with Gasteiger partial charge in [0.25, 0.3) is 0 Å². The van der Waals surface area contributed by atoms with Crippen LogP contribution in [0.3, 0.4) is 0 Å². The molecule has 0 aliphatic heterocycles. The van der Waals surface area contributed by atoms with Crippen LogP contribution in [0.2, 0.25) is 0 Å². The highest BCUT2D eigenvalue weighted by molar-refractivity contribution is 9.10. The topological polar surface area (TPSA) is 68.5 Å². The molecule has 1 rings (SSSR count). The number of methoxy groups -OCH3 is 1. The van der Waals surface area contributed by atoms with Crippen molar-refractivity contribution in [1.82, 2.24) is 4.72 Å². The van der Waals surface area contributed by atoms with Crippen molar-refractivity contribution >= 4 is 37.6 Å². The second-order valence-corrected chi connectivity index (χ2v) is 5.60. The standard InChI is InChI=1S/C8H11BrClNO4S/c1-14-3-2-11-16(12,13)7-4-6(5-10)15-8(7)9/h4,11H,2-3,5H2,1H3. The first-order valence-electron chi connectivity index (χ1n) is 4.34. The molecule has 0 aliphatic rings. The fourth-order valence-electron chi connectivity index (χ4n) is 1.00. The zero-order chi connectivity index (χ0) is 12.2. The van der Waals surface area contributed by atoms with Gasteiger partial charge in [-0.3, -0.25) is 0 Å². The molecule has 0 aromatic carbocycles. The molecule has 16 heavy (non-hydrogen) atoms. The predicted octanol–water partition coefficient (Wildman–Crippen LogP) is 1.71. The van der Waals surface area contributed by atoms with Crippen molar-refractivity contribution in [3.05, 3.63) is 16.5 Å². The largest absolute Gasteiger partial charge is 0.452 e. The lowest BCUT2D eigenvalue weighted by Crippen LogP contribution is -2.27. The number of sulfonamides is 1. The number of hydrogen-bond acceptors (Lipinski definition) is 4. The number of hydrogen-bond donors (Lipinski definition) is 1. The fourth-order valence-corrected chi connectivity index (χ4v) is 3.14. The van der Waals surface area contributed by atoms with Crippen LogP contribution in [0.4, 0.5) is 0 Å². The van der Waals surface area contributed by atoms with Gasteiger partial charge in [-0.1, -0.05) is 0 Å². The summed E-state index contributed by atoms with van der Waals surface area (Å²) in [7, 11) is -2.09. The van der Waals surface area contributed by atoms with Crippen LogP contribution in [0.5, 0.6) is 0 Å². The number of nitrogens with one attached hydrogen (secondary N) is 1. The lowest BCUT2D eigenvalue weighted by atomic mass is 10.5. The molecule has 0 fully saturated rings. The van der Waals surface area contributed by atoms with E-state index in [-0.39, 0.29) is 22.0 Å². The summed E-state index contributed by atoms with van der Waals surface area (Å²) in [4.78, 5) is 0.0410. The van der Waals surface area contributed by atoms with E-state index in [4.69, 9.17) is 20.8 Å². The quantitative estimate of drug-likeness (QED) is 0.636. The van der Waals surface area contributed by atoms with Gasteiger partial charge in [0.2, 0.25) is 10.0 Å². The zero-order valence-corrected chi connectivity index (χ0v) is 11.7. The Kier molecular flexibility index (Phi) is 5.26. The minimum atomic E-state index is -3.58. The van der Waals surface area contributed by atoms with Gasteiger partial charge >= 0.3 is 0 Å². The van der Waals surface area contributed by atoms with Crippen molar-refractivity contribution < 1.29 is 17.6 Å². The molecule has 0 radical (unpaired) electrons. The number of halogens is 2. The molecule has 1 aromatic heterocycles. The number of alkyl halides is 1. The molecule has 0 spiro atoms. The van der Waals surface area contributed by atoms with E-state index in [1.807, 2.05) is 0 Å². The van der Waals surface area contributed by atoms with E-state index in [9.17, 15) is 8.42 Å². The summed E-state index contributed by atoms with van der Waals surface area (Å²) in [6.07, 6.45) is 0. The molecule has 0 atom stereocenters. The summed E-state index contributed by atoms with van der Waals surface area (Å²) in [5.41, 5.74) is 0. The van der Waals surface area contributed by atoms with Crippen LogP contribution in [-0.4, -0.2) is 28.7 Å². The van der Waals surface area contributed by atoms with Gasteiger partial charge in [0.1, 0.15) is 10.7 Å². The van der Waals surface area contributed by atoms with Gasteiger partial charge < -0.3 is 9.15 Å². The minimum absolute atomic E-state index is 0.0410. The van der Waals surface area contributed by atoms with Gasteiger partial charge in [0.05, 0.1) is 12.5 Å².